The molecule has 1 nitrogen and oxygen atoms in total. The molecule has 3 heteroatoms. The van der Waals surface area contributed by atoms with Crippen molar-refractivity contribution in [2.75, 3.05) is 6.61 Å². The van der Waals surface area contributed by atoms with E-state index in [1.54, 1.807) is 24.3 Å². The van der Waals surface area contributed by atoms with E-state index >= 15 is 0 Å². The SMILES string of the molecule is C=CCOc1ccc2cc(C3CCC4CC(CCCCC)CCC4C3)cc(F)c2c1F. The summed E-state index contributed by atoms with van der Waals surface area (Å²) in [4.78, 5) is 0. The van der Waals surface area contributed by atoms with Gasteiger partial charge >= 0.3 is 0 Å². The summed E-state index contributed by atoms with van der Waals surface area (Å²) in [5.41, 5.74) is 1.03. The number of halogens is 2. The number of hydrogen-bond donors (Lipinski definition) is 0. The summed E-state index contributed by atoms with van der Waals surface area (Å²) in [6.07, 6.45) is 14.6. The fraction of sp³-hybridized carbons (Fsp3) is 0.571. The quantitative estimate of drug-likeness (QED) is 0.303. The van der Waals surface area contributed by atoms with Crippen LogP contribution >= 0.6 is 0 Å². The predicted molar refractivity (Wildman–Crippen MR) is 125 cm³/mol. The van der Waals surface area contributed by atoms with Crippen molar-refractivity contribution >= 4 is 10.8 Å². The van der Waals surface area contributed by atoms with Gasteiger partial charge in [0.25, 0.3) is 0 Å². The van der Waals surface area contributed by atoms with Crippen LogP contribution in [-0.2, 0) is 0 Å². The second-order valence-electron chi connectivity index (χ2n) is 9.78. The number of benzene rings is 2. The summed E-state index contributed by atoms with van der Waals surface area (Å²) >= 11 is 0. The zero-order valence-corrected chi connectivity index (χ0v) is 18.8. The summed E-state index contributed by atoms with van der Waals surface area (Å²) in [5, 5.41) is 0.659. The van der Waals surface area contributed by atoms with Crippen LogP contribution in [0, 0.1) is 29.4 Å². The molecule has 2 aliphatic carbocycles. The normalized spacial score (nSPS) is 25.9. The summed E-state index contributed by atoms with van der Waals surface area (Å²) in [5.74, 6) is 1.91. The van der Waals surface area contributed by atoms with E-state index in [0.29, 0.717) is 11.3 Å². The molecule has 2 saturated carbocycles. The molecule has 4 unspecified atom stereocenters. The maximum atomic E-state index is 15.0. The zero-order chi connectivity index (χ0) is 21.8. The molecule has 0 heterocycles. The van der Waals surface area contributed by atoms with Crippen molar-refractivity contribution in [3.8, 4) is 5.75 Å². The fourth-order valence-electron chi connectivity index (χ4n) is 6.10. The van der Waals surface area contributed by atoms with Crippen LogP contribution in [0.15, 0.2) is 36.9 Å². The summed E-state index contributed by atoms with van der Waals surface area (Å²) in [6.45, 7) is 6.05. The van der Waals surface area contributed by atoms with Crippen molar-refractivity contribution in [1.29, 1.82) is 0 Å². The van der Waals surface area contributed by atoms with Gasteiger partial charge in [-0.25, -0.2) is 8.78 Å². The topological polar surface area (TPSA) is 9.23 Å². The lowest BCUT2D eigenvalue weighted by molar-refractivity contribution is 0.113. The van der Waals surface area contributed by atoms with Gasteiger partial charge in [0.2, 0.25) is 0 Å². The van der Waals surface area contributed by atoms with Crippen molar-refractivity contribution in [2.45, 2.75) is 77.0 Å². The Morgan fingerprint density at radius 1 is 1.03 bits per heavy atom. The molecular weight excluding hydrogens is 390 g/mol. The van der Waals surface area contributed by atoms with Crippen molar-refractivity contribution in [3.05, 3.63) is 54.1 Å². The lowest BCUT2D eigenvalue weighted by Crippen LogP contribution is -2.30. The Kier molecular flexibility index (Phi) is 7.30. The third-order valence-corrected chi connectivity index (χ3v) is 7.76. The predicted octanol–water partition coefficient (Wildman–Crippen LogP) is 8.56. The fourth-order valence-corrected chi connectivity index (χ4v) is 6.10. The van der Waals surface area contributed by atoms with Crippen LogP contribution in [0.3, 0.4) is 0 Å². The molecule has 0 N–H and O–H groups in total. The number of fused-ring (bicyclic) bond motifs is 2. The van der Waals surface area contributed by atoms with Crippen molar-refractivity contribution in [1.82, 2.24) is 0 Å². The molecule has 0 radical (unpaired) electrons. The van der Waals surface area contributed by atoms with Gasteiger partial charge in [0, 0.05) is 0 Å². The first-order chi connectivity index (χ1) is 15.1. The highest BCUT2D eigenvalue weighted by Gasteiger charge is 2.36. The van der Waals surface area contributed by atoms with Gasteiger partial charge in [-0.2, -0.15) is 0 Å². The minimum atomic E-state index is -0.617. The summed E-state index contributed by atoms with van der Waals surface area (Å²) in [7, 11) is 0. The third kappa shape index (κ3) is 4.96. The lowest BCUT2D eigenvalue weighted by Gasteiger charge is -2.42. The van der Waals surface area contributed by atoms with Gasteiger partial charge in [0.1, 0.15) is 12.4 Å². The smallest absolute Gasteiger partial charge is 0.175 e. The molecule has 4 rings (SSSR count). The molecule has 2 aliphatic rings. The van der Waals surface area contributed by atoms with Gasteiger partial charge in [0.05, 0.1) is 5.39 Å². The Bertz CT molecular complexity index is 906. The molecule has 0 spiro atoms. The van der Waals surface area contributed by atoms with E-state index in [4.69, 9.17) is 4.74 Å². The lowest BCUT2D eigenvalue weighted by atomic mass is 9.63. The van der Waals surface area contributed by atoms with E-state index in [9.17, 15) is 8.78 Å². The molecule has 0 saturated heterocycles. The highest BCUT2D eigenvalue weighted by molar-refractivity contribution is 5.86. The maximum Gasteiger partial charge on any atom is 0.175 e. The van der Waals surface area contributed by atoms with Crippen molar-refractivity contribution in [3.63, 3.8) is 0 Å². The van der Waals surface area contributed by atoms with E-state index in [1.807, 2.05) is 6.07 Å². The van der Waals surface area contributed by atoms with Gasteiger partial charge in [-0.3, -0.25) is 0 Å². The first-order valence-electron chi connectivity index (χ1n) is 12.3. The largest absolute Gasteiger partial charge is 0.486 e. The second-order valence-corrected chi connectivity index (χ2v) is 9.78. The number of rotatable bonds is 8. The van der Waals surface area contributed by atoms with Crippen LogP contribution < -0.4 is 4.74 Å². The minimum Gasteiger partial charge on any atom is -0.486 e. The molecule has 0 bridgehead atoms. The van der Waals surface area contributed by atoms with Crippen LogP contribution in [0.2, 0.25) is 0 Å². The van der Waals surface area contributed by atoms with E-state index in [0.717, 1.165) is 36.2 Å². The molecule has 31 heavy (non-hydrogen) atoms. The van der Waals surface area contributed by atoms with E-state index in [2.05, 4.69) is 13.5 Å². The number of ether oxygens (including phenoxy) is 1. The average Bonchev–Trinajstić information content (AvgIpc) is 2.78. The third-order valence-electron chi connectivity index (χ3n) is 7.76. The Balaban J connectivity index is 1.46. The number of hydrogen-bond acceptors (Lipinski definition) is 1. The van der Waals surface area contributed by atoms with Crippen molar-refractivity contribution in [2.24, 2.45) is 17.8 Å². The molecular formula is C28H36F2O. The maximum absolute atomic E-state index is 15.0. The van der Waals surface area contributed by atoms with E-state index in [1.165, 1.54) is 51.4 Å². The molecule has 168 valence electrons. The monoisotopic (exact) mass is 426 g/mol. The van der Waals surface area contributed by atoms with Gasteiger partial charge in [-0.1, -0.05) is 63.8 Å². The van der Waals surface area contributed by atoms with Crippen LogP contribution in [0.25, 0.3) is 10.8 Å². The Hall–Kier alpha value is -1.90. The summed E-state index contributed by atoms with van der Waals surface area (Å²) < 4.78 is 35.1. The van der Waals surface area contributed by atoms with Gasteiger partial charge < -0.3 is 4.74 Å². The first kappa shape index (κ1) is 22.3. The van der Waals surface area contributed by atoms with Crippen LogP contribution in [0.4, 0.5) is 8.78 Å². The molecule has 4 atom stereocenters. The van der Waals surface area contributed by atoms with E-state index < -0.39 is 11.6 Å². The highest BCUT2D eigenvalue weighted by Crippen LogP contribution is 2.49. The average molecular weight is 427 g/mol. The van der Waals surface area contributed by atoms with Gasteiger partial charge in [-0.15, -0.1) is 0 Å². The van der Waals surface area contributed by atoms with Crippen molar-refractivity contribution < 1.29 is 13.5 Å². The van der Waals surface area contributed by atoms with Gasteiger partial charge in [-0.05, 0) is 78.9 Å². The Labute approximate surface area is 185 Å². The summed E-state index contributed by atoms with van der Waals surface area (Å²) in [6, 6.07) is 6.95. The van der Waals surface area contributed by atoms with Crippen LogP contribution in [-0.4, -0.2) is 6.61 Å². The second kappa shape index (κ2) is 10.1. The van der Waals surface area contributed by atoms with Crippen LogP contribution in [0.1, 0.15) is 82.6 Å². The number of unbranched alkanes of at least 4 members (excludes halogenated alkanes) is 2. The first-order valence-corrected chi connectivity index (χ1v) is 12.3. The highest BCUT2D eigenvalue weighted by atomic mass is 19.1. The molecule has 2 aromatic carbocycles. The standard InChI is InChI=1S/C28H36F2O/c1-3-5-6-7-19-8-9-21-16-22(11-10-20(21)15-19)24-17-23-12-13-26(31-14-4-2)28(30)27(23)25(29)18-24/h4,12-13,17-22H,2-3,5-11,14-16H2,1H3. The van der Waals surface area contributed by atoms with E-state index in [-0.39, 0.29) is 17.7 Å². The molecule has 0 aromatic heterocycles. The zero-order valence-electron chi connectivity index (χ0n) is 18.8. The van der Waals surface area contributed by atoms with Gasteiger partial charge in [0.15, 0.2) is 11.6 Å². The minimum absolute atomic E-state index is 0.0339. The molecule has 0 aliphatic heterocycles. The Morgan fingerprint density at radius 2 is 1.84 bits per heavy atom. The molecule has 2 fully saturated rings. The Morgan fingerprint density at radius 3 is 2.65 bits per heavy atom. The molecule has 0 amide bonds. The van der Waals surface area contributed by atoms with Crippen LogP contribution in [0.5, 0.6) is 5.75 Å². The molecule has 2 aromatic rings.